The molecule has 2 N–H and O–H groups in total. The first-order valence-corrected chi connectivity index (χ1v) is 11.5. The Kier molecular flexibility index (Phi) is 7.06. The maximum Gasteiger partial charge on any atom is 0.415 e. The van der Waals surface area contributed by atoms with E-state index in [9.17, 15) is 14.7 Å². The van der Waals surface area contributed by atoms with Gasteiger partial charge in [-0.1, -0.05) is 69.3 Å². The average Bonchev–Trinajstić information content (AvgIpc) is 2.71. The topological polar surface area (TPSA) is 78.9 Å². The van der Waals surface area contributed by atoms with Crippen LogP contribution in [0.3, 0.4) is 0 Å². The zero-order chi connectivity index (χ0) is 24.3. The van der Waals surface area contributed by atoms with E-state index in [1.54, 1.807) is 17.0 Å². The van der Waals surface area contributed by atoms with Gasteiger partial charge >= 0.3 is 12.2 Å². The minimum atomic E-state index is -1.01. The number of hydrogen-bond acceptors (Lipinski definition) is 3. The minimum absolute atomic E-state index is 0.0635. The van der Waals surface area contributed by atoms with Gasteiger partial charge in [-0.05, 0) is 61.6 Å². The van der Waals surface area contributed by atoms with E-state index in [4.69, 9.17) is 4.74 Å². The molecule has 0 heterocycles. The number of rotatable bonds is 6. The Bertz CT molecular complexity index is 959. The summed E-state index contributed by atoms with van der Waals surface area (Å²) in [6, 6.07) is 18.9. The molecular formula is C27H36N2O4. The number of carbonyl (C=O) groups excluding carboxylic acids is 1. The molecule has 2 aromatic carbocycles. The SMILES string of the molecule is CC1(C)CC(NC(=O)O)CC(C)(CN(C(=O)Oc2ccccc2)C(C)(C)c2ccccc2)C1. The zero-order valence-corrected chi connectivity index (χ0v) is 20.3. The van der Waals surface area contributed by atoms with Crippen LogP contribution in [0.5, 0.6) is 5.75 Å². The first-order chi connectivity index (χ1) is 15.4. The van der Waals surface area contributed by atoms with Crippen LogP contribution in [0.4, 0.5) is 9.59 Å². The Balaban J connectivity index is 1.94. The van der Waals surface area contributed by atoms with E-state index < -0.39 is 17.7 Å². The lowest BCUT2D eigenvalue weighted by molar-refractivity contribution is 0.0104. The van der Waals surface area contributed by atoms with Crippen molar-refractivity contribution in [3.63, 3.8) is 0 Å². The molecule has 178 valence electrons. The number of nitrogens with one attached hydrogen (secondary N) is 1. The molecule has 2 aromatic rings. The predicted molar refractivity (Wildman–Crippen MR) is 129 cm³/mol. The molecule has 0 aliphatic heterocycles. The lowest BCUT2D eigenvalue weighted by Crippen LogP contribution is -2.55. The van der Waals surface area contributed by atoms with Crippen molar-refractivity contribution in [2.45, 2.75) is 65.5 Å². The van der Waals surface area contributed by atoms with Crippen molar-refractivity contribution in [2.24, 2.45) is 10.8 Å². The molecule has 2 unspecified atom stereocenters. The van der Waals surface area contributed by atoms with Gasteiger partial charge in [0.2, 0.25) is 0 Å². The molecule has 33 heavy (non-hydrogen) atoms. The third-order valence-corrected chi connectivity index (χ3v) is 6.63. The molecule has 2 amide bonds. The lowest BCUT2D eigenvalue weighted by Gasteiger charge is -2.50. The molecule has 0 bridgehead atoms. The quantitative estimate of drug-likeness (QED) is 0.541. The van der Waals surface area contributed by atoms with Crippen LogP contribution >= 0.6 is 0 Å². The number of para-hydroxylation sites is 1. The molecule has 1 saturated carbocycles. The molecule has 0 radical (unpaired) electrons. The van der Waals surface area contributed by atoms with Gasteiger partial charge in [-0.2, -0.15) is 0 Å². The van der Waals surface area contributed by atoms with Crippen LogP contribution in [-0.2, 0) is 5.54 Å². The molecule has 6 heteroatoms. The van der Waals surface area contributed by atoms with Crippen LogP contribution in [0, 0.1) is 10.8 Å². The van der Waals surface area contributed by atoms with E-state index in [0.29, 0.717) is 18.7 Å². The predicted octanol–water partition coefficient (Wildman–Crippen LogP) is 6.28. The second kappa shape index (κ2) is 9.46. The van der Waals surface area contributed by atoms with Crippen LogP contribution in [-0.4, -0.2) is 34.8 Å². The highest BCUT2D eigenvalue weighted by Gasteiger charge is 2.46. The largest absolute Gasteiger partial charge is 0.465 e. The van der Waals surface area contributed by atoms with Crippen LogP contribution in [0.15, 0.2) is 60.7 Å². The van der Waals surface area contributed by atoms with Gasteiger partial charge < -0.3 is 15.2 Å². The molecule has 2 atom stereocenters. The summed E-state index contributed by atoms with van der Waals surface area (Å²) in [5.74, 6) is 0.496. The van der Waals surface area contributed by atoms with Crippen molar-refractivity contribution in [1.82, 2.24) is 10.2 Å². The van der Waals surface area contributed by atoms with E-state index in [-0.39, 0.29) is 16.9 Å². The summed E-state index contributed by atoms with van der Waals surface area (Å²) in [6.07, 6.45) is 0.874. The highest BCUT2D eigenvalue weighted by molar-refractivity contribution is 5.72. The van der Waals surface area contributed by atoms with Gasteiger partial charge in [0.05, 0.1) is 5.54 Å². The number of benzene rings is 2. The first-order valence-electron chi connectivity index (χ1n) is 11.5. The molecular weight excluding hydrogens is 416 g/mol. The number of ether oxygens (including phenoxy) is 1. The maximum atomic E-state index is 13.6. The number of hydrogen-bond donors (Lipinski definition) is 2. The second-order valence-corrected chi connectivity index (χ2v) is 10.9. The Morgan fingerprint density at radius 3 is 2.18 bits per heavy atom. The molecule has 1 aliphatic rings. The van der Waals surface area contributed by atoms with Gasteiger partial charge in [0.1, 0.15) is 5.75 Å². The van der Waals surface area contributed by atoms with Crippen LogP contribution < -0.4 is 10.1 Å². The fourth-order valence-electron chi connectivity index (χ4n) is 5.55. The smallest absolute Gasteiger partial charge is 0.415 e. The van der Waals surface area contributed by atoms with Crippen LogP contribution in [0.2, 0.25) is 0 Å². The van der Waals surface area contributed by atoms with E-state index in [1.165, 1.54) is 0 Å². The molecule has 1 fully saturated rings. The van der Waals surface area contributed by atoms with Crippen molar-refractivity contribution in [1.29, 1.82) is 0 Å². The van der Waals surface area contributed by atoms with Gasteiger partial charge in [0.25, 0.3) is 0 Å². The first kappa shape index (κ1) is 24.6. The number of nitrogens with zero attached hydrogens (tertiary/aromatic N) is 1. The molecule has 1 aliphatic carbocycles. The highest BCUT2D eigenvalue weighted by atomic mass is 16.6. The summed E-state index contributed by atoms with van der Waals surface area (Å²) in [5.41, 5.74) is 0.0182. The Morgan fingerprint density at radius 2 is 1.61 bits per heavy atom. The van der Waals surface area contributed by atoms with Crippen molar-refractivity contribution in [3.8, 4) is 5.75 Å². The fourth-order valence-corrected chi connectivity index (χ4v) is 5.55. The molecule has 0 aromatic heterocycles. The van der Waals surface area contributed by atoms with Crippen LogP contribution in [0.25, 0.3) is 0 Å². The lowest BCUT2D eigenvalue weighted by atomic mass is 9.62. The highest BCUT2D eigenvalue weighted by Crippen LogP contribution is 2.47. The molecule has 3 rings (SSSR count). The monoisotopic (exact) mass is 452 g/mol. The number of carbonyl (C=O) groups is 2. The van der Waals surface area contributed by atoms with Crippen molar-refractivity contribution < 1.29 is 19.4 Å². The maximum absolute atomic E-state index is 13.6. The average molecular weight is 453 g/mol. The summed E-state index contributed by atoms with van der Waals surface area (Å²) >= 11 is 0. The summed E-state index contributed by atoms with van der Waals surface area (Å²) in [4.78, 5) is 26.7. The number of carboxylic acid groups (broad SMARTS) is 1. The Morgan fingerprint density at radius 1 is 1.03 bits per heavy atom. The van der Waals surface area contributed by atoms with Gasteiger partial charge in [-0.3, -0.25) is 4.90 Å². The van der Waals surface area contributed by atoms with Gasteiger partial charge in [0, 0.05) is 12.6 Å². The normalized spacial score (nSPS) is 22.3. The van der Waals surface area contributed by atoms with Crippen molar-refractivity contribution in [3.05, 3.63) is 66.2 Å². The second-order valence-electron chi connectivity index (χ2n) is 10.9. The summed E-state index contributed by atoms with van der Waals surface area (Å²) in [6.45, 7) is 11.0. The standard InChI is InChI=1S/C27H36N2O4/c1-25(2)16-21(28-23(30)31)17-27(5,18-25)19-29(24(32)33-22-14-10-7-11-15-22)26(3,4)20-12-8-6-9-13-20/h6-15,21,28H,16-19H2,1-5H3,(H,30,31). The van der Waals surface area contributed by atoms with Crippen LogP contribution in [0.1, 0.15) is 59.4 Å². The molecule has 0 saturated heterocycles. The van der Waals surface area contributed by atoms with Gasteiger partial charge in [-0.15, -0.1) is 0 Å². The minimum Gasteiger partial charge on any atom is -0.465 e. The Hall–Kier alpha value is -3.02. The van der Waals surface area contributed by atoms with Gasteiger partial charge in [-0.25, -0.2) is 9.59 Å². The van der Waals surface area contributed by atoms with E-state index >= 15 is 0 Å². The summed E-state index contributed by atoms with van der Waals surface area (Å²) < 4.78 is 5.79. The molecule has 0 spiro atoms. The van der Waals surface area contributed by atoms with Crippen molar-refractivity contribution >= 4 is 12.2 Å². The third kappa shape index (κ3) is 6.28. The van der Waals surface area contributed by atoms with Crippen molar-refractivity contribution in [2.75, 3.05) is 6.54 Å². The fraction of sp³-hybridized carbons (Fsp3) is 0.481. The Labute approximate surface area is 196 Å². The van der Waals surface area contributed by atoms with E-state index in [0.717, 1.165) is 18.4 Å². The number of amides is 2. The summed E-state index contributed by atoms with van der Waals surface area (Å²) in [7, 11) is 0. The molecule has 6 nitrogen and oxygen atoms in total. The van der Waals surface area contributed by atoms with E-state index in [2.05, 4.69) is 26.1 Å². The zero-order valence-electron chi connectivity index (χ0n) is 20.3. The van der Waals surface area contributed by atoms with E-state index in [1.807, 2.05) is 62.4 Å². The third-order valence-electron chi connectivity index (χ3n) is 6.63. The van der Waals surface area contributed by atoms with Gasteiger partial charge in [0.15, 0.2) is 0 Å². The summed E-state index contributed by atoms with van der Waals surface area (Å²) in [5, 5.41) is 12.0.